The van der Waals surface area contributed by atoms with Crippen LogP contribution in [0.15, 0.2) is 77.9 Å². The van der Waals surface area contributed by atoms with Gasteiger partial charge in [0, 0.05) is 22.7 Å². The van der Waals surface area contributed by atoms with E-state index in [0.29, 0.717) is 28.5 Å². The molecule has 0 aliphatic rings. The van der Waals surface area contributed by atoms with E-state index in [1.54, 1.807) is 24.3 Å². The van der Waals surface area contributed by atoms with E-state index in [2.05, 4.69) is 10.5 Å². The van der Waals surface area contributed by atoms with Crippen LogP contribution in [0, 0.1) is 10.1 Å². The molecule has 30 heavy (non-hydrogen) atoms. The van der Waals surface area contributed by atoms with Crippen molar-refractivity contribution in [3.8, 4) is 5.75 Å². The zero-order valence-electron chi connectivity index (χ0n) is 15.8. The topological polar surface area (TPSA) is 93.8 Å². The van der Waals surface area contributed by atoms with Crippen LogP contribution in [-0.2, 0) is 17.8 Å². The Morgan fingerprint density at radius 3 is 2.40 bits per heavy atom. The number of nitrogens with zero attached hydrogens (tertiary/aromatic N) is 2. The second kappa shape index (κ2) is 10.2. The molecule has 0 atom stereocenters. The van der Waals surface area contributed by atoms with Crippen molar-refractivity contribution < 1.29 is 14.5 Å². The molecule has 1 amide bonds. The summed E-state index contributed by atoms with van der Waals surface area (Å²) in [7, 11) is 0. The van der Waals surface area contributed by atoms with E-state index in [9.17, 15) is 14.9 Å². The molecule has 8 heteroatoms. The normalized spacial score (nSPS) is 10.7. The monoisotopic (exact) mass is 423 g/mol. The molecule has 0 aliphatic heterocycles. The van der Waals surface area contributed by atoms with Gasteiger partial charge in [-0.15, -0.1) is 0 Å². The maximum atomic E-state index is 12.0. The van der Waals surface area contributed by atoms with Crippen LogP contribution in [0.5, 0.6) is 5.75 Å². The van der Waals surface area contributed by atoms with Gasteiger partial charge in [-0.1, -0.05) is 48.0 Å². The summed E-state index contributed by atoms with van der Waals surface area (Å²) in [5, 5.41) is 15.3. The molecule has 0 saturated carbocycles. The second-order valence-corrected chi connectivity index (χ2v) is 6.78. The van der Waals surface area contributed by atoms with Gasteiger partial charge in [-0.25, -0.2) is 5.43 Å². The molecular weight excluding hydrogens is 406 g/mol. The number of non-ortho nitro benzene ring substituents is 1. The molecule has 152 valence electrons. The van der Waals surface area contributed by atoms with Crippen LogP contribution in [0.25, 0.3) is 0 Å². The van der Waals surface area contributed by atoms with Crippen LogP contribution in [-0.4, -0.2) is 17.0 Å². The van der Waals surface area contributed by atoms with Crippen LogP contribution in [0.1, 0.15) is 16.7 Å². The number of nitro groups is 1. The van der Waals surface area contributed by atoms with Gasteiger partial charge >= 0.3 is 0 Å². The van der Waals surface area contributed by atoms with Gasteiger partial charge in [-0.2, -0.15) is 5.10 Å². The van der Waals surface area contributed by atoms with Crippen molar-refractivity contribution in [2.75, 3.05) is 0 Å². The van der Waals surface area contributed by atoms with E-state index in [0.717, 1.165) is 5.56 Å². The number of benzene rings is 3. The minimum atomic E-state index is -0.486. The molecule has 7 nitrogen and oxygen atoms in total. The fourth-order valence-electron chi connectivity index (χ4n) is 2.59. The Balaban J connectivity index is 1.55. The summed E-state index contributed by atoms with van der Waals surface area (Å²) in [5.41, 5.74) is 4.77. The molecule has 0 unspecified atom stereocenters. The summed E-state index contributed by atoms with van der Waals surface area (Å²) in [6.07, 6.45) is 1.56. The highest BCUT2D eigenvalue weighted by molar-refractivity contribution is 6.30. The minimum Gasteiger partial charge on any atom is -0.488 e. The van der Waals surface area contributed by atoms with Crippen molar-refractivity contribution >= 4 is 29.4 Å². The number of hydrazone groups is 1. The van der Waals surface area contributed by atoms with Gasteiger partial charge in [0.05, 0.1) is 17.6 Å². The molecule has 0 radical (unpaired) electrons. The zero-order chi connectivity index (χ0) is 21.3. The fourth-order valence-corrected chi connectivity index (χ4v) is 2.72. The molecule has 0 fully saturated rings. The van der Waals surface area contributed by atoms with Gasteiger partial charge in [0.2, 0.25) is 5.91 Å². The first-order valence-electron chi connectivity index (χ1n) is 9.03. The van der Waals surface area contributed by atoms with Crippen LogP contribution >= 0.6 is 11.6 Å². The standard InChI is InChI=1S/C22H18ClN3O4/c23-19-9-5-17(6-10-19)15-30-21-4-2-1-3-18(21)14-24-25-22(27)13-16-7-11-20(12-8-16)26(28)29/h1-12,14H,13,15H2,(H,25,27). The van der Waals surface area contributed by atoms with Crippen molar-refractivity contribution in [2.45, 2.75) is 13.0 Å². The van der Waals surface area contributed by atoms with Crippen molar-refractivity contribution in [1.29, 1.82) is 0 Å². The van der Waals surface area contributed by atoms with Gasteiger partial charge in [-0.3, -0.25) is 14.9 Å². The van der Waals surface area contributed by atoms with Gasteiger partial charge in [0.1, 0.15) is 12.4 Å². The van der Waals surface area contributed by atoms with E-state index in [-0.39, 0.29) is 18.0 Å². The lowest BCUT2D eigenvalue weighted by atomic mass is 10.1. The third-order valence-corrected chi connectivity index (χ3v) is 4.38. The summed E-state index contributed by atoms with van der Waals surface area (Å²) in [4.78, 5) is 22.2. The van der Waals surface area contributed by atoms with Crippen molar-refractivity contribution in [3.63, 3.8) is 0 Å². The van der Waals surface area contributed by atoms with Crippen LogP contribution < -0.4 is 10.2 Å². The molecule has 0 spiro atoms. The zero-order valence-corrected chi connectivity index (χ0v) is 16.6. The predicted molar refractivity (Wildman–Crippen MR) is 115 cm³/mol. The Labute approximate surface area is 178 Å². The average Bonchev–Trinajstić information content (AvgIpc) is 2.74. The average molecular weight is 424 g/mol. The first-order chi connectivity index (χ1) is 14.5. The maximum Gasteiger partial charge on any atom is 0.269 e. The molecule has 3 aromatic carbocycles. The Kier molecular flexibility index (Phi) is 7.13. The lowest BCUT2D eigenvalue weighted by Crippen LogP contribution is -2.19. The predicted octanol–water partition coefficient (Wildman–Crippen LogP) is 4.52. The molecule has 3 aromatic rings. The maximum absolute atomic E-state index is 12.0. The number of amides is 1. The third kappa shape index (κ3) is 6.15. The Bertz CT molecular complexity index is 1050. The summed E-state index contributed by atoms with van der Waals surface area (Å²) in [6, 6.07) is 20.5. The quantitative estimate of drug-likeness (QED) is 0.327. The number of ether oxygens (including phenoxy) is 1. The number of para-hydroxylation sites is 1. The highest BCUT2D eigenvalue weighted by atomic mass is 35.5. The number of halogens is 1. The van der Waals surface area contributed by atoms with E-state index in [1.165, 1.54) is 18.3 Å². The van der Waals surface area contributed by atoms with Crippen LogP contribution in [0.4, 0.5) is 5.69 Å². The second-order valence-electron chi connectivity index (χ2n) is 6.35. The highest BCUT2D eigenvalue weighted by Gasteiger charge is 2.07. The molecule has 0 aromatic heterocycles. The van der Waals surface area contributed by atoms with Crippen molar-refractivity contribution in [2.24, 2.45) is 5.10 Å². The van der Waals surface area contributed by atoms with Crippen molar-refractivity contribution in [1.82, 2.24) is 5.43 Å². The smallest absolute Gasteiger partial charge is 0.269 e. The number of hydrogen-bond acceptors (Lipinski definition) is 5. The molecule has 0 heterocycles. The minimum absolute atomic E-state index is 0.0209. The Morgan fingerprint density at radius 2 is 1.70 bits per heavy atom. The van der Waals surface area contributed by atoms with Gasteiger partial charge < -0.3 is 4.74 Å². The van der Waals surface area contributed by atoms with E-state index < -0.39 is 4.92 Å². The molecule has 1 N–H and O–H groups in total. The number of rotatable bonds is 8. The SMILES string of the molecule is O=C(Cc1ccc([N+](=O)[O-])cc1)NN=Cc1ccccc1OCc1ccc(Cl)cc1. The van der Waals surface area contributed by atoms with Crippen molar-refractivity contribution in [3.05, 3.63) is 105 Å². The molecular formula is C22H18ClN3O4. The summed E-state index contributed by atoms with van der Waals surface area (Å²) in [6.45, 7) is 0.370. The third-order valence-electron chi connectivity index (χ3n) is 4.13. The van der Waals surface area contributed by atoms with Gasteiger partial charge in [0.25, 0.3) is 5.69 Å². The Hall–Kier alpha value is -3.71. The summed E-state index contributed by atoms with van der Waals surface area (Å²) in [5.74, 6) is 0.292. The number of nitro benzene ring substituents is 1. The van der Waals surface area contributed by atoms with Crippen LogP contribution in [0.2, 0.25) is 5.02 Å². The van der Waals surface area contributed by atoms with Gasteiger partial charge in [0.15, 0.2) is 0 Å². The number of carbonyl (C=O) groups is 1. The Morgan fingerprint density at radius 1 is 1.03 bits per heavy atom. The lowest BCUT2D eigenvalue weighted by molar-refractivity contribution is -0.384. The lowest BCUT2D eigenvalue weighted by Gasteiger charge is -2.09. The molecule has 3 rings (SSSR count). The molecule has 0 saturated heterocycles. The largest absolute Gasteiger partial charge is 0.488 e. The fraction of sp³-hybridized carbons (Fsp3) is 0.0909. The van der Waals surface area contributed by atoms with E-state index in [4.69, 9.17) is 16.3 Å². The molecule has 0 aliphatic carbocycles. The first kappa shape index (κ1) is 21.0. The van der Waals surface area contributed by atoms with Crippen LogP contribution in [0.3, 0.4) is 0 Å². The summed E-state index contributed by atoms with van der Waals surface area (Å²) >= 11 is 5.89. The number of hydrogen-bond donors (Lipinski definition) is 1. The number of carbonyl (C=O) groups excluding carboxylic acids is 1. The molecule has 0 bridgehead atoms. The van der Waals surface area contributed by atoms with E-state index in [1.807, 2.05) is 36.4 Å². The highest BCUT2D eigenvalue weighted by Crippen LogP contribution is 2.18. The van der Waals surface area contributed by atoms with E-state index >= 15 is 0 Å². The number of nitrogens with one attached hydrogen (secondary N) is 1. The first-order valence-corrected chi connectivity index (χ1v) is 9.40. The summed E-state index contributed by atoms with van der Waals surface area (Å²) < 4.78 is 5.84. The van der Waals surface area contributed by atoms with Gasteiger partial charge in [-0.05, 0) is 35.4 Å².